The molecule has 0 aromatic heterocycles. The van der Waals surface area contributed by atoms with Gasteiger partial charge in [0, 0.05) is 26.2 Å². The molecule has 2 amide bonds. The highest BCUT2D eigenvalue weighted by Crippen LogP contribution is 2.28. The Balaban J connectivity index is 1.58. The van der Waals surface area contributed by atoms with Crippen molar-refractivity contribution in [3.63, 3.8) is 0 Å². The maximum Gasteiger partial charge on any atom is 0.406 e. The van der Waals surface area contributed by atoms with E-state index in [1.807, 2.05) is 9.80 Å². The highest BCUT2D eigenvalue weighted by Gasteiger charge is 2.43. The maximum atomic E-state index is 12.5. The molecule has 3 aliphatic rings. The van der Waals surface area contributed by atoms with Crippen LogP contribution in [-0.2, 0) is 9.59 Å². The maximum absolute atomic E-state index is 12.5. The van der Waals surface area contributed by atoms with E-state index < -0.39 is 24.7 Å². The summed E-state index contributed by atoms with van der Waals surface area (Å²) in [6, 6.07) is -0.499. The Morgan fingerprint density at radius 3 is 2.42 bits per heavy atom. The molecular weight excluding hydrogens is 323 g/mol. The van der Waals surface area contributed by atoms with Crippen LogP contribution in [0.4, 0.5) is 13.2 Å². The number of nitrogens with zero attached hydrogens (tertiary/aromatic N) is 3. The predicted octanol–water partition coefficient (Wildman–Crippen LogP) is 1.48. The van der Waals surface area contributed by atoms with Gasteiger partial charge in [-0.2, -0.15) is 13.2 Å². The number of hydrogen-bond donors (Lipinski definition) is 0. The molecule has 0 aliphatic carbocycles. The lowest BCUT2D eigenvalue weighted by Crippen LogP contribution is -2.50. The van der Waals surface area contributed by atoms with E-state index in [0.29, 0.717) is 19.5 Å². The van der Waals surface area contributed by atoms with E-state index in [2.05, 4.69) is 0 Å². The molecule has 5 nitrogen and oxygen atoms in total. The minimum Gasteiger partial charge on any atom is -0.342 e. The van der Waals surface area contributed by atoms with Crippen LogP contribution in [0, 0.1) is 5.92 Å². The van der Waals surface area contributed by atoms with E-state index in [0.717, 1.165) is 43.7 Å². The fourth-order valence-electron chi connectivity index (χ4n) is 4.12. The fraction of sp³-hybridized carbons (Fsp3) is 0.875. The van der Waals surface area contributed by atoms with Gasteiger partial charge in [-0.1, -0.05) is 0 Å². The van der Waals surface area contributed by atoms with Crippen LogP contribution in [-0.4, -0.2) is 78.0 Å². The first kappa shape index (κ1) is 17.5. The molecule has 136 valence electrons. The van der Waals surface area contributed by atoms with E-state index in [9.17, 15) is 22.8 Å². The highest BCUT2D eigenvalue weighted by molar-refractivity contribution is 5.84. The zero-order chi connectivity index (χ0) is 17.3. The molecule has 0 aromatic rings. The lowest BCUT2D eigenvalue weighted by Gasteiger charge is -2.36. The number of likely N-dealkylation sites (tertiary alicyclic amines) is 3. The number of carbonyl (C=O) groups is 2. The van der Waals surface area contributed by atoms with Gasteiger partial charge in [0.2, 0.25) is 11.8 Å². The Morgan fingerprint density at radius 1 is 1.04 bits per heavy atom. The largest absolute Gasteiger partial charge is 0.406 e. The molecule has 3 rings (SSSR count). The smallest absolute Gasteiger partial charge is 0.342 e. The quantitative estimate of drug-likeness (QED) is 0.777. The van der Waals surface area contributed by atoms with E-state index in [4.69, 9.17) is 0 Å². The number of hydrogen-bond acceptors (Lipinski definition) is 3. The molecule has 24 heavy (non-hydrogen) atoms. The monoisotopic (exact) mass is 347 g/mol. The van der Waals surface area contributed by atoms with E-state index in [1.54, 1.807) is 0 Å². The summed E-state index contributed by atoms with van der Waals surface area (Å²) >= 11 is 0. The summed E-state index contributed by atoms with van der Waals surface area (Å²) in [6.45, 7) is 1.75. The standard InChI is InChI=1S/C16H24F3N3O2/c17-16(18,19)11-22-9-5-13(15(22)24)21-8-3-4-12(10-21)14(23)20-6-1-2-7-20/h12-13H,1-11H2/t12-,13+/m1/s1. The van der Waals surface area contributed by atoms with E-state index in [-0.39, 0.29) is 18.4 Å². The second-order valence-corrected chi connectivity index (χ2v) is 7.05. The summed E-state index contributed by atoms with van der Waals surface area (Å²) in [5.74, 6) is -0.419. The van der Waals surface area contributed by atoms with E-state index in [1.165, 1.54) is 0 Å². The van der Waals surface area contributed by atoms with Crippen molar-refractivity contribution in [2.45, 2.75) is 44.3 Å². The Bertz CT molecular complexity index is 491. The van der Waals surface area contributed by atoms with Crippen LogP contribution in [0.5, 0.6) is 0 Å². The molecule has 0 unspecified atom stereocenters. The molecule has 8 heteroatoms. The molecule has 0 aromatic carbocycles. The van der Waals surface area contributed by atoms with Gasteiger partial charge in [0.15, 0.2) is 0 Å². The van der Waals surface area contributed by atoms with Crippen molar-refractivity contribution in [1.29, 1.82) is 0 Å². The Morgan fingerprint density at radius 2 is 1.75 bits per heavy atom. The number of carbonyl (C=O) groups excluding carboxylic acids is 2. The average Bonchev–Trinajstić information content (AvgIpc) is 3.17. The normalized spacial score (nSPS) is 29.5. The summed E-state index contributed by atoms with van der Waals surface area (Å²) in [5, 5.41) is 0. The molecule has 0 bridgehead atoms. The van der Waals surface area contributed by atoms with Crippen molar-refractivity contribution in [2.24, 2.45) is 5.92 Å². The second-order valence-electron chi connectivity index (χ2n) is 7.05. The van der Waals surface area contributed by atoms with Crippen LogP contribution in [0.2, 0.25) is 0 Å². The third kappa shape index (κ3) is 3.84. The van der Waals surface area contributed by atoms with Gasteiger partial charge in [-0.05, 0) is 38.6 Å². The summed E-state index contributed by atoms with van der Waals surface area (Å²) in [5.41, 5.74) is 0. The van der Waals surface area contributed by atoms with Crippen molar-refractivity contribution in [3.05, 3.63) is 0 Å². The molecule has 0 N–H and O–H groups in total. The van der Waals surface area contributed by atoms with Gasteiger partial charge in [-0.15, -0.1) is 0 Å². The summed E-state index contributed by atoms with van der Waals surface area (Å²) < 4.78 is 37.6. The van der Waals surface area contributed by atoms with Gasteiger partial charge >= 0.3 is 6.18 Å². The topological polar surface area (TPSA) is 43.9 Å². The van der Waals surface area contributed by atoms with Crippen molar-refractivity contribution < 1.29 is 22.8 Å². The minimum absolute atomic E-state index is 0.124. The molecular formula is C16H24F3N3O2. The first-order valence-corrected chi connectivity index (χ1v) is 8.73. The third-order valence-corrected chi connectivity index (χ3v) is 5.30. The van der Waals surface area contributed by atoms with Crippen LogP contribution in [0.1, 0.15) is 32.1 Å². The molecule has 0 saturated carbocycles. The van der Waals surface area contributed by atoms with Crippen molar-refractivity contribution in [3.8, 4) is 0 Å². The number of alkyl halides is 3. The zero-order valence-corrected chi connectivity index (χ0v) is 13.7. The molecule has 0 radical (unpaired) electrons. The minimum atomic E-state index is -4.36. The van der Waals surface area contributed by atoms with Gasteiger partial charge in [0.05, 0.1) is 12.0 Å². The zero-order valence-electron chi connectivity index (χ0n) is 13.7. The predicted molar refractivity (Wildman–Crippen MR) is 81.2 cm³/mol. The lowest BCUT2D eigenvalue weighted by molar-refractivity contribution is -0.159. The fourth-order valence-corrected chi connectivity index (χ4v) is 4.12. The van der Waals surface area contributed by atoms with Crippen LogP contribution >= 0.6 is 0 Å². The van der Waals surface area contributed by atoms with Gasteiger partial charge < -0.3 is 9.80 Å². The Kier molecular flexibility index (Phi) is 5.03. The highest BCUT2D eigenvalue weighted by atomic mass is 19.4. The van der Waals surface area contributed by atoms with Crippen molar-refractivity contribution in [2.75, 3.05) is 39.3 Å². The Hall–Kier alpha value is -1.31. The second kappa shape index (κ2) is 6.90. The summed E-state index contributed by atoms with van der Waals surface area (Å²) in [6.07, 6.45) is -0.252. The van der Waals surface area contributed by atoms with Gasteiger partial charge in [0.25, 0.3) is 0 Å². The van der Waals surface area contributed by atoms with Crippen LogP contribution in [0.3, 0.4) is 0 Å². The molecule has 3 fully saturated rings. The van der Waals surface area contributed by atoms with Crippen LogP contribution in [0.25, 0.3) is 0 Å². The third-order valence-electron chi connectivity index (χ3n) is 5.30. The van der Waals surface area contributed by atoms with E-state index >= 15 is 0 Å². The molecule has 2 atom stereocenters. The first-order chi connectivity index (χ1) is 11.3. The SMILES string of the molecule is O=C([C@@H]1CCCN([C@H]2CCN(CC(F)(F)F)C2=O)C1)N1CCCC1. The van der Waals surface area contributed by atoms with Crippen molar-refractivity contribution in [1.82, 2.24) is 14.7 Å². The van der Waals surface area contributed by atoms with Crippen LogP contribution < -0.4 is 0 Å². The number of rotatable bonds is 3. The van der Waals surface area contributed by atoms with Gasteiger partial charge in [0.1, 0.15) is 6.54 Å². The Labute approximate surface area is 139 Å². The summed E-state index contributed by atoms with van der Waals surface area (Å²) in [7, 11) is 0. The summed E-state index contributed by atoms with van der Waals surface area (Å²) in [4.78, 5) is 29.6. The average molecular weight is 347 g/mol. The molecule has 3 aliphatic heterocycles. The van der Waals surface area contributed by atoms with Gasteiger partial charge in [-0.25, -0.2) is 0 Å². The molecule has 0 spiro atoms. The van der Waals surface area contributed by atoms with Crippen LogP contribution in [0.15, 0.2) is 0 Å². The number of piperidine rings is 1. The molecule has 3 heterocycles. The number of halogens is 3. The number of amides is 2. The first-order valence-electron chi connectivity index (χ1n) is 8.73. The molecule has 3 saturated heterocycles. The van der Waals surface area contributed by atoms with Crippen molar-refractivity contribution >= 4 is 11.8 Å². The van der Waals surface area contributed by atoms with Gasteiger partial charge in [-0.3, -0.25) is 14.5 Å². The lowest BCUT2D eigenvalue weighted by atomic mass is 9.95.